The van der Waals surface area contributed by atoms with Crippen molar-refractivity contribution in [3.8, 4) is 0 Å². The lowest BCUT2D eigenvalue weighted by atomic mass is 9.90. The molecule has 0 radical (unpaired) electrons. The predicted molar refractivity (Wildman–Crippen MR) is 54.8 cm³/mol. The summed E-state index contributed by atoms with van der Waals surface area (Å²) in [5.41, 5.74) is 0.348. The molecule has 2 aliphatic carbocycles. The highest BCUT2D eigenvalue weighted by molar-refractivity contribution is 5.66. The lowest BCUT2D eigenvalue weighted by Gasteiger charge is -2.25. The van der Waals surface area contributed by atoms with Crippen LogP contribution in [0.15, 0.2) is 0 Å². The zero-order valence-corrected chi connectivity index (χ0v) is 9.59. The molecule has 80 valence electrons. The van der Waals surface area contributed by atoms with E-state index in [0.29, 0.717) is 11.3 Å². The maximum Gasteiger partial charge on any atom is 0.303 e. The van der Waals surface area contributed by atoms with Gasteiger partial charge in [0.1, 0.15) is 5.60 Å². The van der Waals surface area contributed by atoms with E-state index in [1.54, 1.807) is 0 Å². The second kappa shape index (κ2) is 2.74. The fourth-order valence-electron chi connectivity index (χ4n) is 3.45. The molecule has 0 heterocycles. The molecule has 3 atom stereocenters. The summed E-state index contributed by atoms with van der Waals surface area (Å²) in [4.78, 5) is 11.0. The molecule has 0 bridgehead atoms. The Hall–Kier alpha value is -0.530. The number of hydrogen-bond donors (Lipinski definition) is 0. The molecule has 0 aromatic rings. The molecule has 0 aromatic heterocycles. The SMILES string of the molecule is CC(=O)OC1(C)CCC2(C(C)C)CC12. The van der Waals surface area contributed by atoms with E-state index >= 15 is 0 Å². The quantitative estimate of drug-likeness (QED) is 0.635. The smallest absolute Gasteiger partial charge is 0.303 e. The third-order valence-electron chi connectivity index (χ3n) is 4.47. The number of rotatable bonds is 2. The van der Waals surface area contributed by atoms with Gasteiger partial charge in [-0.1, -0.05) is 13.8 Å². The van der Waals surface area contributed by atoms with Crippen molar-refractivity contribution in [3.05, 3.63) is 0 Å². The maximum atomic E-state index is 11.0. The summed E-state index contributed by atoms with van der Waals surface area (Å²) in [7, 11) is 0. The molecule has 2 nitrogen and oxygen atoms in total. The molecule has 14 heavy (non-hydrogen) atoms. The van der Waals surface area contributed by atoms with Crippen molar-refractivity contribution < 1.29 is 9.53 Å². The summed E-state index contributed by atoms with van der Waals surface area (Å²) in [5, 5.41) is 0. The first-order valence-electron chi connectivity index (χ1n) is 5.60. The Morgan fingerprint density at radius 1 is 1.43 bits per heavy atom. The molecule has 2 aliphatic rings. The van der Waals surface area contributed by atoms with Crippen LogP contribution in [0.1, 0.15) is 47.0 Å². The minimum absolute atomic E-state index is 0.126. The molecule has 0 aromatic carbocycles. The van der Waals surface area contributed by atoms with Crippen LogP contribution in [-0.4, -0.2) is 11.6 Å². The summed E-state index contributed by atoms with van der Waals surface area (Å²) in [6.07, 6.45) is 3.54. The molecular weight excluding hydrogens is 176 g/mol. The van der Waals surface area contributed by atoms with Crippen molar-refractivity contribution in [1.82, 2.24) is 0 Å². The van der Waals surface area contributed by atoms with Gasteiger partial charge >= 0.3 is 5.97 Å². The van der Waals surface area contributed by atoms with E-state index in [-0.39, 0.29) is 11.6 Å². The van der Waals surface area contributed by atoms with Crippen LogP contribution < -0.4 is 0 Å². The Labute approximate surface area is 86.0 Å². The van der Waals surface area contributed by atoms with E-state index in [0.717, 1.165) is 12.3 Å². The highest BCUT2D eigenvalue weighted by atomic mass is 16.6. The van der Waals surface area contributed by atoms with E-state index in [1.807, 2.05) is 0 Å². The van der Waals surface area contributed by atoms with Crippen LogP contribution in [0.4, 0.5) is 0 Å². The highest BCUT2D eigenvalue weighted by Crippen LogP contribution is 2.71. The van der Waals surface area contributed by atoms with Gasteiger partial charge in [0.15, 0.2) is 0 Å². The number of carbonyl (C=O) groups is 1. The van der Waals surface area contributed by atoms with Gasteiger partial charge in [-0.2, -0.15) is 0 Å². The van der Waals surface area contributed by atoms with E-state index in [4.69, 9.17) is 4.74 Å². The fourth-order valence-corrected chi connectivity index (χ4v) is 3.45. The van der Waals surface area contributed by atoms with Crippen molar-refractivity contribution in [1.29, 1.82) is 0 Å². The maximum absolute atomic E-state index is 11.0. The van der Waals surface area contributed by atoms with Crippen molar-refractivity contribution in [2.75, 3.05) is 0 Å². The summed E-state index contributed by atoms with van der Waals surface area (Å²) in [5.74, 6) is 1.22. The van der Waals surface area contributed by atoms with Gasteiger partial charge in [0.05, 0.1) is 0 Å². The number of hydrogen-bond acceptors (Lipinski definition) is 2. The molecular formula is C12H20O2. The van der Waals surface area contributed by atoms with Crippen LogP contribution in [-0.2, 0) is 9.53 Å². The minimum Gasteiger partial charge on any atom is -0.459 e. The lowest BCUT2D eigenvalue weighted by molar-refractivity contribution is -0.156. The van der Waals surface area contributed by atoms with E-state index < -0.39 is 0 Å². The summed E-state index contributed by atoms with van der Waals surface area (Å²) in [6.45, 7) is 8.21. The van der Waals surface area contributed by atoms with Crippen LogP contribution in [0.2, 0.25) is 0 Å². The monoisotopic (exact) mass is 196 g/mol. The number of ether oxygens (including phenoxy) is 1. The Balaban J connectivity index is 2.10. The number of esters is 1. The van der Waals surface area contributed by atoms with Gasteiger partial charge in [-0.25, -0.2) is 0 Å². The molecule has 0 saturated heterocycles. The van der Waals surface area contributed by atoms with Crippen LogP contribution >= 0.6 is 0 Å². The highest BCUT2D eigenvalue weighted by Gasteiger charge is 2.69. The molecule has 2 rings (SSSR count). The first kappa shape index (κ1) is 10.0. The van der Waals surface area contributed by atoms with Gasteiger partial charge in [0, 0.05) is 12.8 Å². The van der Waals surface area contributed by atoms with Crippen molar-refractivity contribution in [3.63, 3.8) is 0 Å². The Kier molecular flexibility index (Phi) is 1.96. The minimum atomic E-state index is -0.157. The molecule has 3 unspecified atom stereocenters. The first-order valence-corrected chi connectivity index (χ1v) is 5.60. The van der Waals surface area contributed by atoms with Crippen molar-refractivity contribution in [2.45, 2.75) is 52.6 Å². The average Bonchev–Trinajstić information content (AvgIpc) is 2.70. The van der Waals surface area contributed by atoms with E-state index in [9.17, 15) is 4.79 Å². The zero-order valence-electron chi connectivity index (χ0n) is 9.59. The summed E-state index contributed by atoms with van der Waals surface area (Å²) >= 11 is 0. The molecule has 0 aliphatic heterocycles. The van der Waals surface area contributed by atoms with Gasteiger partial charge in [-0.15, -0.1) is 0 Å². The van der Waals surface area contributed by atoms with Gasteiger partial charge in [-0.05, 0) is 37.5 Å². The van der Waals surface area contributed by atoms with Gasteiger partial charge in [0.2, 0.25) is 0 Å². The average molecular weight is 196 g/mol. The van der Waals surface area contributed by atoms with Gasteiger partial charge in [0.25, 0.3) is 0 Å². The first-order chi connectivity index (χ1) is 6.41. The number of carbonyl (C=O) groups excluding carboxylic acids is 1. The summed E-state index contributed by atoms with van der Waals surface area (Å²) in [6, 6.07) is 0. The molecule has 2 fully saturated rings. The molecule has 0 spiro atoms. The Morgan fingerprint density at radius 2 is 2.07 bits per heavy atom. The van der Waals surface area contributed by atoms with Gasteiger partial charge in [-0.3, -0.25) is 4.79 Å². The standard InChI is InChI=1S/C12H20O2/c1-8(2)12-6-5-11(4,10(12)7-12)14-9(3)13/h8,10H,5-7H2,1-4H3. The van der Waals surface area contributed by atoms with Crippen molar-refractivity contribution in [2.24, 2.45) is 17.3 Å². The third kappa shape index (κ3) is 1.19. The van der Waals surface area contributed by atoms with Crippen LogP contribution in [0, 0.1) is 17.3 Å². The Morgan fingerprint density at radius 3 is 2.43 bits per heavy atom. The topological polar surface area (TPSA) is 26.3 Å². The normalized spacial score (nSPS) is 45.1. The summed E-state index contributed by atoms with van der Waals surface area (Å²) < 4.78 is 5.49. The third-order valence-corrected chi connectivity index (χ3v) is 4.47. The van der Waals surface area contributed by atoms with E-state index in [2.05, 4.69) is 20.8 Å². The van der Waals surface area contributed by atoms with Crippen LogP contribution in [0.5, 0.6) is 0 Å². The van der Waals surface area contributed by atoms with Crippen LogP contribution in [0.25, 0.3) is 0 Å². The second-order valence-electron chi connectivity index (χ2n) is 5.55. The second-order valence-corrected chi connectivity index (χ2v) is 5.55. The Bertz CT molecular complexity index is 271. The molecule has 0 amide bonds. The molecule has 2 saturated carbocycles. The largest absolute Gasteiger partial charge is 0.459 e. The zero-order chi connectivity index (χ0) is 10.6. The van der Waals surface area contributed by atoms with Gasteiger partial charge < -0.3 is 4.74 Å². The van der Waals surface area contributed by atoms with Crippen LogP contribution in [0.3, 0.4) is 0 Å². The fraction of sp³-hybridized carbons (Fsp3) is 0.917. The number of fused-ring (bicyclic) bond motifs is 1. The lowest BCUT2D eigenvalue weighted by Crippen LogP contribution is -2.31. The van der Waals surface area contributed by atoms with Crippen molar-refractivity contribution >= 4 is 5.97 Å². The molecule has 0 N–H and O–H groups in total. The predicted octanol–water partition coefficient (Wildman–Crippen LogP) is 2.76. The van der Waals surface area contributed by atoms with E-state index in [1.165, 1.54) is 19.8 Å². The molecule has 2 heteroatoms.